The highest BCUT2D eigenvalue weighted by molar-refractivity contribution is 7.85. The van der Waals surface area contributed by atoms with E-state index in [1.807, 2.05) is 0 Å². The number of hydrazone groups is 1. The molecule has 0 aromatic heterocycles. The van der Waals surface area contributed by atoms with E-state index in [9.17, 15) is 8.42 Å². The number of anilines is 1. The number of nitrogens with zero attached hydrogens (tertiary/aromatic N) is 2. The minimum atomic E-state index is -4.16. The molecule has 6 heteroatoms. The fourth-order valence-corrected chi connectivity index (χ4v) is 1.66. The van der Waals surface area contributed by atoms with Crippen molar-refractivity contribution in [2.24, 2.45) is 5.10 Å². The smallest absolute Gasteiger partial charge is 0.282 e. The molecule has 0 heterocycles. The van der Waals surface area contributed by atoms with Gasteiger partial charge in [-0.05, 0) is 31.2 Å². The number of rotatable bonds is 4. The molecule has 86 valence electrons. The van der Waals surface area contributed by atoms with Gasteiger partial charge >= 0.3 is 0 Å². The third kappa shape index (κ3) is 2.68. The Kier molecular flexibility index (Phi) is 3.46. The molecule has 0 aliphatic rings. The lowest BCUT2D eigenvalue weighted by molar-refractivity contribution is 0.483. The van der Waals surface area contributed by atoms with E-state index in [4.69, 9.17) is 4.55 Å². The highest BCUT2D eigenvalue weighted by Crippen LogP contribution is 2.20. The molecule has 0 fully saturated rings. The maximum atomic E-state index is 10.8. The summed E-state index contributed by atoms with van der Waals surface area (Å²) in [6.45, 7) is 8.82. The van der Waals surface area contributed by atoms with Crippen LogP contribution in [0.3, 0.4) is 0 Å². The Morgan fingerprint density at radius 1 is 1.38 bits per heavy atom. The van der Waals surface area contributed by atoms with Crippen molar-refractivity contribution in [3.63, 3.8) is 0 Å². The molecule has 16 heavy (non-hydrogen) atoms. The first kappa shape index (κ1) is 12.4. The Labute approximate surface area is 94.5 Å². The molecule has 5 nitrogen and oxygen atoms in total. The predicted octanol–water partition coefficient (Wildman–Crippen LogP) is 1.89. The highest BCUT2D eigenvalue weighted by atomic mass is 32.2. The van der Waals surface area contributed by atoms with Gasteiger partial charge in [-0.15, -0.1) is 0 Å². The lowest BCUT2D eigenvalue weighted by Gasteiger charge is -2.17. The summed E-state index contributed by atoms with van der Waals surface area (Å²) in [6.07, 6.45) is 0. The van der Waals surface area contributed by atoms with Gasteiger partial charge in [0.05, 0.1) is 10.6 Å². The largest absolute Gasteiger partial charge is 0.294 e. The van der Waals surface area contributed by atoms with Gasteiger partial charge in [-0.3, -0.25) is 4.55 Å². The average molecular weight is 240 g/mol. The van der Waals surface area contributed by atoms with Gasteiger partial charge < -0.3 is 0 Å². The summed E-state index contributed by atoms with van der Waals surface area (Å²) in [5, 5.41) is 5.17. The minimum Gasteiger partial charge on any atom is -0.282 e. The summed E-state index contributed by atoms with van der Waals surface area (Å²) < 4.78 is 30.4. The first-order chi connectivity index (χ1) is 7.36. The summed E-state index contributed by atoms with van der Waals surface area (Å²) in [5.74, 6) is 0. The normalized spacial score (nSPS) is 10.9. The van der Waals surface area contributed by atoms with Gasteiger partial charge in [0.15, 0.2) is 0 Å². The molecule has 0 saturated heterocycles. The maximum absolute atomic E-state index is 10.8. The summed E-state index contributed by atoms with van der Waals surface area (Å²) >= 11 is 0. The molecule has 0 atom stereocenters. The SMILES string of the molecule is C=NN(C(=C)C)c1ccc(S(=O)(=O)O)cc1. The minimum absolute atomic E-state index is 0.165. The first-order valence-electron chi connectivity index (χ1n) is 4.36. The Bertz CT molecular complexity index is 505. The molecule has 0 radical (unpaired) electrons. The molecule has 1 N–H and O–H groups in total. The van der Waals surface area contributed by atoms with Gasteiger partial charge in [-0.1, -0.05) is 6.58 Å². The van der Waals surface area contributed by atoms with Crippen LogP contribution >= 0.6 is 0 Å². The molecule has 0 saturated carbocycles. The second kappa shape index (κ2) is 4.46. The van der Waals surface area contributed by atoms with Crippen LogP contribution in [0.1, 0.15) is 6.92 Å². The number of hydrogen-bond donors (Lipinski definition) is 1. The maximum Gasteiger partial charge on any atom is 0.294 e. The number of benzene rings is 1. The lowest BCUT2D eigenvalue weighted by Crippen LogP contribution is -2.11. The van der Waals surface area contributed by atoms with E-state index >= 15 is 0 Å². The molecule has 0 unspecified atom stereocenters. The van der Waals surface area contributed by atoms with Gasteiger partial charge in [0.25, 0.3) is 10.1 Å². The van der Waals surface area contributed by atoms with Gasteiger partial charge in [0, 0.05) is 12.4 Å². The highest BCUT2D eigenvalue weighted by Gasteiger charge is 2.10. The van der Waals surface area contributed by atoms with E-state index < -0.39 is 10.1 Å². The average Bonchev–Trinajstić information content (AvgIpc) is 2.17. The van der Waals surface area contributed by atoms with Crippen LogP contribution in [0.5, 0.6) is 0 Å². The zero-order chi connectivity index (χ0) is 12.3. The van der Waals surface area contributed by atoms with Crippen molar-refractivity contribution >= 4 is 22.5 Å². The molecule has 0 aliphatic heterocycles. The molecule has 0 amide bonds. The van der Waals surface area contributed by atoms with E-state index in [1.54, 1.807) is 6.92 Å². The van der Waals surface area contributed by atoms with E-state index in [-0.39, 0.29) is 4.90 Å². The predicted molar refractivity (Wildman–Crippen MR) is 63.1 cm³/mol. The van der Waals surface area contributed by atoms with E-state index in [1.165, 1.54) is 29.3 Å². The van der Waals surface area contributed by atoms with Crippen LogP contribution in [0, 0.1) is 0 Å². The summed E-state index contributed by atoms with van der Waals surface area (Å²) in [4.78, 5) is -0.165. The summed E-state index contributed by atoms with van der Waals surface area (Å²) in [6, 6.07) is 5.58. The van der Waals surface area contributed by atoms with Crippen LogP contribution < -0.4 is 5.01 Å². The van der Waals surface area contributed by atoms with E-state index in [0.717, 1.165) is 0 Å². The number of hydrogen-bond acceptors (Lipinski definition) is 4. The van der Waals surface area contributed by atoms with Crippen molar-refractivity contribution < 1.29 is 13.0 Å². The quantitative estimate of drug-likeness (QED) is 0.495. The summed E-state index contributed by atoms with van der Waals surface area (Å²) in [7, 11) is -4.16. The second-order valence-electron chi connectivity index (χ2n) is 3.16. The van der Waals surface area contributed by atoms with Crippen molar-refractivity contribution in [1.82, 2.24) is 0 Å². The topological polar surface area (TPSA) is 70.0 Å². The van der Waals surface area contributed by atoms with Gasteiger partial charge in [-0.2, -0.15) is 13.5 Å². The molecule has 0 aliphatic carbocycles. The molecular formula is C10H12N2O3S. The van der Waals surface area contributed by atoms with Gasteiger partial charge in [-0.25, -0.2) is 5.01 Å². The third-order valence-corrected chi connectivity index (χ3v) is 2.75. The van der Waals surface area contributed by atoms with Crippen LogP contribution in [0.2, 0.25) is 0 Å². The van der Waals surface area contributed by atoms with Gasteiger partial charge in [0.2, 0.25) is 0 Å². The van der Waals surface area contributed by atoms with Crippen molar-refractivity contribution in [3.8, 4) is 0 Å². The van der Waals surface area contributed by atoms with E-state index in [2.05, 4.69) is 18.4 Å². The van der Waals surface area contributed by atoms with Crippen molar-refractivity contribution in [2.75, 3.05) is 5.01 Å². The lowest BCUT2D eigenvalue weighted by atomic mass is 10.3. The zero-order valence-electron chi connectivity index (χ0n) is 8.79. The molecule has 0 spiro atoms. The van der Waals surface area contributed by atoms with Crippen molar-refractivity contribution in [2.45, 2.75) is 11.8 Å². The standard InChI is InChI=1S/C10H12N2O3S/c1-8(2)12(11-3)9-4-6-10(7-5-9)16(13,14)15/h4-7H,1,3H2,2H3,(H,13,14,15). The fraction of sp³-hybridized carbons (Fsp3) is 0.100. The molecule has 1 rings (SSSR count). The molecule has 1 aromatic carbocycles. The van der Waals surface area contributed by atoms with Crippen molar-refractivity contribution in [3.05, 3.63) is 36.5 Å². The molecular weight excluding hydrogens is 228 g/mol. The van der Waals surface area contributed by atoms with Crippen LogP contribution in [0.25, 0.3) is 0 Å². The van der Waals surface area contributed by atoms with Crippen molar-refractivity contribution in [1.29, 1.82) is 0 Å². The summed E-state index contributed by atoms with van der Waals surface area (Å²) in [5.41, 5.74) is 1.27. The van der Waals surface area contributed by atoms with Crippen LogP contribution in [-0.2, 0) is 10.1 Å². The Balaban J connectivity index is 3.12. The van der Waals surface area contributed by atoms with Crippen LogP contribution in [-0.4, -0.2) is 19.7 Å². The Hall–Kier alpha value is -1.66. The zero-order valence-corrected chi connectivity index (χ0v) is 9.61. The molecule has 0 bridgehead atoms. The fourth-order valence-electron chi connectivity index (χ4n) is 1.18. The third-order valence-electron chi connectivity index (χ3n) is 1.88. The first-order valence-corrected chi connectivity index (χ1v) is 5.80. The van der Waals surface area contributed by atoms with Crippen LogP contribution in [0.4, 0.5) is 5.69 Å². The Morgan fingerprint density at radius 2 is 1.88 bits per heavy atom. The van der Waals surface area contributed by atoms with Crippen LogP contribution in [0.15, 0.2) is 46.5 Å². The Morgan fingerprint density at radius 3 is 2.19 bits per heavy atom. The second-order valence-corrected chi connectivity index (χ2v) is 4.58. The van der Waals surface area contributed by atoms with Gasteiger partial charge in [0.1, 0.15) is 0 Å². The van der Waals surface area contributed by atoms with E-state index in [0.29, 0.717) is 11.4 Å². The number of allylic oxidation sites excluding steroid dienone is 1. The monoisotopic (exact) mass is 240 g/mol. The molecule has 1 aromatic rings.